The van der Waals surface area contributed by atoms with Crippen molar-refractivity contribution in [2.75, 3.05) is 18.0 Å². The molecule has 0 amide bonds. The van der Waals surface area contributed by atoms with Gasteiger partial charge in [-0.2, -0.15) is 0 Å². The molecule has 0 radical (unpaired) electrons. The van der Waals surface area contributed by atoms with E-state index in [1.807, 2.05) is 0 Å². The minimum atomic E-state index is 0.434. The maximum Gasteiger partial charge on any atom is 0.228 e. The Morgan fingerprint density at radius 3 is 3.15 bits per heavy atom. The van der Waals surface area contributed by atoms with E-state index in [0.29, 0.717) is 12.6 Å². The minimum Gasteiger partial charge on any atom is -0.341 e. The molecule has 72 valence electrons. The molecule has 1 atom stereocenters. The van der Waals surface area contributed by atoms with E-state index in [4.69, 9.17) is 5.73 Å². The first-order valence-corrected chi connectivity index (χ1v) is 5.31. The third-order valence-electron chi connectivity index (χ3n) is 2.43. The van der Waals surface area contributed by atoms with Gasteiger partial charge in [-0.3, -0.25) is 0 Å². The summed E-state index contributed by atoms with van der Waals surface area (Å²) in [6.45, 7) is 1.73. The highest BCUT2D eigenvalue weighted by Gasteiger charge is 2.23. The number of hydrogen-bond acceptors (Lipinski definition) is 6. The number of nitrogens with zero attached hydrogens (tertiary/aromatic N) is 4. The van der Waals surface area contributed by atoms with Crippen molar-refractivity contribution in [3.63, 3.8) is 0 Å². The average molecular weight is 199 g/mol. The molecule has 2 rings (SSSR count). The molecule has 0 spiro atoms. The summed E-state index contributed by atoms with van der Waals surface area (Å²) in [6, 6.07) is 0.434. The third-order valence-corrected chi connectivity index (χ3v) is 3.07. The second-order valence-electron chi connectivity index (χ2n) is 3.22. The zero-order chi connectivity index (χ0) is 9.10. The maximum absolute atomic E-state index is 5.69. The minimum absolute atomic E-state index is 0.434. The lowest BCUT2D eigenvalue weighted by Gasteiger charge is -2.33. The molecule has 1 aromatic heterocycles. The Balaban J connectivity index is 2.11. The quantitative estimate of drug-likeness (QED) is 0.739. The molecule has 0 bridgehead atoms. The van der Waals surface area contributed by atoms with Crippen LogP contribution < -0.4 is 10.6 Å². The van der Waals surface area contributed by atoms with Gasteiger partial charge in [0.2, 0.25) is 5.13 Å². The third kappa shape index (κ3) is 1.78. The van der Waals surface area contributed by atoms with E-state index in [1.165, 1.54) is 24.4 Å². The Bertz CT molecular complexity index is 249. The number of piperidine rings is 1. The summed E-state index contributed by atoms with van der Waals surface area (Å²) in [5.41, 5.74) is 5.69. The zero-order valence-electron chi connectivity index (χ0n) is 7.39. The molecule has 2 N–H and O–H groups in total. The fourth-order valence-corrected chi connectivity index (χ4v) is 2.30. The summed E-state index contributed by atoms with van der Waals surface area (Å²) in [5.74, 6) is 0. The van der Waals surface area contributed by atoms with Crippen molar-refractivity contribution in [3.05, 3.63) is 0 Å². The second kappa shape index (κ2) is 3.97. The molecule has 1 saturated heterocycles. The van der Waals surface area contributed by atoms with E-state index in [2.05, 4.69) is 19.7 Å². The van der Waals surface area contributed by atoms with Gasteiger partial charge in [-0.15, -0.1) is 0 Å². The molecule has 0 aromatic carbocycles. The van der Waals surface area contributed by atoms with Crippen molar-refractivity contribution < 1.29 is 0 Å². The Kier molecular flexibility index (Phi) is 2.70. The number of rotatable bonds is 2. The van der Waals surface area contributed by atoms with E-state index in [1.54, 1.807) is 0 Å². The van der Waals surface area contributed by atoms with Gasteiger partial charge in [0.05, 0.1) is 0 Å². The van der Waals surface area contributed by atoms with Crippen LogP contribution in [0.2, 0.25) is 0 Å². The Hall–Kier alpha value is -0.750. The van der Waals surface area contributed by atoms with Gasteiger partial charge in [0, 0.05) is 30.7 Å². The van der Waals surface area contributed by atoms with Crippen LogP contribution in [-0.2, 0) is 0 Å². The van der Waals surface area contributed by atoms with Crippen LogP contribution in [0.3, 0.4) is 0 Å². The Morgan fingerprint density at radius 1 is 1.54 bits per heavy atom. The van der Waals surface area contributed by atoms with Crippen LogP contribution in [0.15, 0.2) is 0 Å². The van der Waals surface area contributed by atoms with Gasteiger partial charge in [0.1, 0.15) is 0 Å². The van der Waals surface area contributed by atoms with Crippen molar-refractivity contribution >= 4 is 16.7 Å². The molecule has 2 heterocycles. The Labute approximate surface area is 81.1 Å². The van der Waals surface area contributed by atoms with Gasteiger partial charge in [-0.25, -0.2) is 0 Å². The van der Waals surface area contributed by atoms with Crippen LogP contribution in [0.4, 0.5) is 5.13 Å². The lowest BCUT2D eigenvalue weighted by molar-refractivity contribution is 0.464. The lowest BCUT2D eigenvalue weighted by Crippen LogP contribution is -2.44. The topological polar surface area (TPSA) is 67.9 Å². The van der Waals surface area contributed by atoms with Gasteiger partial charge in [0.25, 0.3) is 0 Å². The predicted molar refractivity (Wildman–Crippen MR) is 51.7 cm³/mol. The smallest absolute Gasteiger partial charge is 0.228 e. The summed E-state index contributed by atoms with van der Waals surface area (Å²) in [7, 11) is 0. The van der Waals surface area contributed by atoms with Crippen molar-refractivity contribution in [2.45, 2.75) is 25.3 Å². The summed E-state index contributed by atoms with van der Waals surface area (Å²) in [5, 5.41) is 8.48. The Morgan fingerprint density at radius 2 is 2.46 bits per heavy atom. The van der Waals surface area contributed by atoms with E-state index >= 15 is 0 Å². The zero-order valence-corrected chi connectivity index (χ0v) is 8.20. The number of nitrogens with two attached hydrogens (primary N) is 1. The number of hydrogen-bond donors (Lipinski definition) is 1. The van der Waals surface area contributed by atoms with Crippen LogP contribution >= 0.6 is 11.5 Å². The van der Waals surface area contributed by atoms with Crippen LogP contribution in [-0.4, -0.2) is 33.9 Å². The van der Waals surface area contributed by atoms with E-state index in [0.717, 1.165) is 18.1 Å². The molecule has 0 saturated carbocycles. The molecule has 0 aliphatic carbocycles. The summed E-state index contributed by atoms with van der Waals surface area (Å²) in [4.78, 5) is 2.23. The van der Waals surface area contributed by atoms with Crippen LogP contribution in [0, 0.1) is 0 Å². The maximum atomic E-state index is 5.69. The van der Waals surface area contributed by atoms with Crippen molar-refractivity contribution in [2.24, 2.45) is 5.73 Å². The van der Waals surface area contributed by atoms with Crippen molar-refractivity contribution in [1.82, 2.24) is 14.8 Å². The molecule has 1 unspecified atom stereocenters. The fourth-order valence-electron chi connectivity index (χ4n) is 1.74. The molecule has 13 heavy (non-hydrogen) atoms. The average Bonchev–Trinajstić information content (AvgIpc) is 2.70. The predicted octanol–water partition coefficient (Wildman–Crippen LogP) is 0.251. The molecule has 1 aromatic rings. The summed E-state index contributed by atoms with van der Waals surface area (Å²) >= 11 is 1.35. The van der Waals surface area contributed by atoms with Gasteiger partial charge >= 0.3 is 0 Å². The van der Waals surface area contributed by atoms with Gasteiger partial charge < -0.3 is 10.6 Å². The summed E-state index contributed by atoms with van der Waals surface area (Å²) in [6.07, 6.45) is 3.65. The first kappa shape index (κ1) is 8.83. The van der Waals surface area contributed by atoms with E-state index < -0.39 is 0 Å². The highest BCUT2D eigenvalue weighted by atomic mass is 32.1. The molecule has 6 heteroatoms. The van der Waals surface area contributed by atoms with Gasteiger partial charge in [-0.1, -0.05) is 9.59 Å². The van der Waals surface area contributed by atoms with Gasteiger partial charge in [-0.05, 0) is 24.5 Å². The van der Waals surface area contributed by atoms with Gasteiger partial charge in [0.15, 0.2) is 0 Å². The number of anilines is 1. The van der Waals surface area contributed by atoms with E-state index in [9.17, 15) is 0 Å². The highest BCUT2D eigenvalue weighted by Crippen LogP contribution is 2.23. The molecular weight excluding hydrogens is 186 g/mol. The van der Waals surface area contributed by atoms with Crippen molar-refractivity contribution in [1.29, 1.82) is 0 Å². The molecule has 1 fully saturated rings. The fraction of sp³-hybridized carbons (Fsp3) is 0.857. The summed E-state index contributed by atoms with van der Waals surface area (Å²) < 4.78 is 3.76. The number of aromatic nitrogens is 3. The second-order valence-corrected chi connectivity index (χ2v) is 3.93. The molecular formula is C7H13N5S. The van der Waals surface area contributed by atoms with Crippen molar-refractivity contribution in [3.8, 4) is 0 Å². The van der Waals surface area contributed by atoms with E-state index in [-0.39, 0.29) is 0 Å². The first-order valence-electron chi connectivity index (χ1n) is 4.53. The molecule has 1 aliphatic heterocycles. The molecule has 5 nitrogen and oxygen atoms in total. The lowest BCUT2D eigenvalue weighted by atomic mass is 10.0. The highest BCUT2D eigenvalue weighted by molar-refractivity contribution is 7.09. The van der Waals surface area contributed by atoms with Crippen LogP contribution in [0.1, 0.15) is 19.3 Å². The SMILES string of the molecule is NCC1CCCCN1c1nnns1. The first-order chi connectivity index (χ1) is 6.42. The monoisotopic (exact) mass is 199 g/mol. The van der Waals surface area contributed by atoms with Crippen LogP contribution in [0.5, 0.6) is 0 Å². The standard InChI is InChI=1S/C7H13N5S/c8-5-6-3-1-2-4-12(6)7-9-10-11-13-7/h6H,1-5,8H2. The molecule has 1 aliphatic rings. The van der Waals surface area contributed by atoms with Crippen LogP contribution in [0.25, 0.3) is 0 Å². The normalized spacial score (nSPS) is 23.5. The largest absolute Gasteiger partial charge is 0.341 e.